The first kappa shape index (κ1) is 18.1. The maximum Gasteiger partial charge on any atom is 0.337 e. The number of nitrogens with zero attached hydrogens (tertiary/aromatic N) is 1. The summed E-state index contributed by atoms with van der Waals surface area (Å²) in [6, 6.07) is 4.67. The van der Waals surface area contributed by atoms with Crippen molar-refractivity contribution in [2.24, 2.45) is 5.92 Å². The van der Waals surface area contributed by atoms with Crippen LogP contribution in [0.5, 0.6) is 0 Å². The van der Waals surface area contributed by atoms with Gasteiger partial charge in [-0.1, -0.05) is 0 Å². The molecule has 2 atom stereocenters. The third-order valence-electron chi connectivity index (χ3n) is 4.21. The van der Waals surface area contributed by atoms with Crippen molar-refractivity contribution in [2.75, 3.05) is 38.0 Å². The quantitative estimate of drug-likeness (QED) is 0.714. The Morgan fingerprint density at radius 3 is 2.67 bits per heavy atom. The highest BCUT2D eigenvalue weighted by Gasteiger charge is 2.23. The molecule has 1 saturated carbocycles. The normalized spacial score (nSPS) is 19.7. The van der Waals surface area contributed by atoms with Gasteiger partial charge in [0, 0.05) is 20.6 Å². The number of benzene rings is 1. The second-order valence-electron chi connectivity index (χ2n) is 6.29. The maximum atomic E-state index is 12.1. The first-order valence-corrected chi connectivity index (χ1v) is 8.03. The van der Waals surface area contributed by atoms with Gasteiger partial charge in [0.2, 0.25) is 0 Å². The van der Waals surface area contributed by atoms with Crippen LogP contribution in [0.3, 0.4) is 0 Å². The van der Waals surface area contributed by atoms with Crippen LogP contribution in [0.2, 0.25) is 0 Å². The number of aliphatic hydroxyl groups excluding tert-OH is 1. The molecular formula is C17H25N3O4. The molecule has 0 aromatic heterocycles. The van der Waals surface area contributed by atoms with Crippen molar-refractivity contribution >= 4 is 23.4 Å². The minimum absolute atomic E-state index is 0.244. The Kier molecular flexibility index (Phi) is 6.03. The lowest BCUT2D eigenvalue weighted by molar-refractivity contribution is 0.0601. The predicted molar refractivity (Wildman–Crippen MR) is 92.5 cm³/mol. The average molecular weight is 335 g/mol. The van der Waals surface area contributed by atoms with E-state index in [1.165, 1.54) is 7.11 Å². The van der Waals surface area contributed by atoms with Crippen molar-refractivity contribution in [3.8, 4) is 0 Å². The Balaban J connectivity index is 1.99. The van der Waals surface area contributed by atoms with Gasteiger partial charge in [-0.15, -0.1) is 0 Å². The van der Waals surface area contributed by atoms with Crippen LogP contribution in [-0.2, 0) is 4.74 Å². The van der Waals surface area contributed by atoms with Crippen molar-refractivity contribution < 1.29 is 19.4 Å². The maximum absolute atomic E-state index is 12.1. The highest BCUT2D eigenvalue weighted by molar-refractivity contribution is 5.96. The van der Waals surface area contributed by atoms with E-state index in [1.54, 1.807) is 18.2 Å². The van der Waals surface area contributed by atoms with Crippen LogP contribution in [0.25, 0.3) is 0 Å². The molecule has 132 valence electrons. The highest BCUT2D eigenvalue weighted by atomic mass is 16.5. The second-order valence-corrected chi connectivity index (χ2v) is 6.29. The van der Waals surface area contributed by atoms with E-state index in [0.717, 1.165) is 19.3 Å². The summed E-state index contributed by atoms with van der Waals surface area (Å²) in [6.45, 7) is 0.542. The lowest BCUT2D eigenvalue weighted by Crippen LogP contribution is -2.33. The molecule has 0 unspecified atom stereocenters. The zero-order valence-corrected chi connectivity index (χ0v) is 14.3. The zero-order valence-electron chi connectivity index (χ0n) is 14.3. The highest BCUT2D eigenvalue weighted by Crippen LogP contribution is 2.27. The number of carbonyl (C=O) groups is 2. The third kappa shape index (κ3) is 4.61. The number of methoxy groups -OCH3 is 1. The molecule has 2 rings (SSSR count). The number of urea groups is 1. The van der Waals surface area contributed by atoms with Gasteiger partial charge in [-0.2, -0.15) is 0 Å². The van der Waals surface area contributed by atoms with Crippen LogP contribution in [0.1, 0.15) is 29.6 Å². The molecule has 0 aliphatic heterocycles. The standard InChI is InChI=1S/C17H25N3O4/c1-20(2)15-9-12(16(22)24-3)5-7-14(15)19-17(23)18-10-11-4-6-13(21)8-11/h5,7,9,11,13,21H,4,6,8,10H2,1-3H3,(H2,18,19,23)/t11-,13-/m0/s1. The van der Waals surface area contributed by atoms with Gasteiger partial charge in [0.15, 0.2) is 0 Å². The molecule has 1 aromatic carbocycles. The lowest BCUT2D eigenvalue weighted by Gasteiger charge is -2.19. The van der Waals surface area contributed by atoms with Gasteiger partial charge >= 0.3 is 12.0 Å². The molecule has 2 amide bonds. The molecule has 7 heteroatoms. The van der Waals surface area contributed by atoms with Crippen molar-refractivity contribution in [3.05, 3.63) is 23.8 Å². The number of hydrogen-bond donors (Lipinski definition) is 3. The Hall–Kier alpha value is -2.28. The Morgan fingerprint density at radius 1 is 1.33 bits per heavy atom. The van der Waals surface area contributed by atoms with Gasteiger partial charge in [-0.3, -0.25) is 0 Å². The van der Waals surface area contributed by atoms with Crippen LogP contribution < -0.4 is 15.5 Å². The molecular weight excluding hydrogens is 310 g/mol. The van der Waals surface area contributed by atoms with E-state index in [9.17, 15) is 14.7 Å². The Morgan fingerprint density at radius 2 is 2.08 bits per heavy atom. The van der Waals surface area contributed by atoms with Gasteiger partial charge in [-0.05, 0) is 43.4 Å². The van der Waals surface area contributed by atoms with Crippen molar-refractivity contribution in [3.63, 3.8) is 0 Å². The summed E-state index contributed by atoms with van der Waals surface area (Å²) in [7, 11) is 5.00. The summed E-state index contributed by atoms with van der Waals surface area (Å²) in [4.78, 5) is 25.6. The van der Waals surface area contributed by atoms with E-state index >= 15 is 0 Å². The molecule has 1 aliphatic carbocycles. The molecule has 1 aliphatic rings. The predicted octanol–water partition coefficient (Wildman–Crippen LogP) is 1.82. The number of anilines is 2. The van der Waals surface area contributed by atoms with Crippen LogP contribution in [0, 0.1) is 5.92 Å². The van der Waals surface area contributed by atoms with Gasteiger partial charge < -0.3 is 25.4 Å². The number of carbonyl (C=O) groups excluding carboxylic acids is 2. The number of esters is 1. The second kappa shape index (κ2) is 8.01. The topological polar surface area (TPSA) is 90.9 Å². The number of rotatable bonds is 5. The molecule has 0 saturated heterocycles. The lowest BCUT2D eigenvalue weighted by atomic mass is 10.1. The van der Waals surface area contributed by atoms with Gasteiger partial charge in [0.1, 0.15) is 0 Å². The smallest absolute Gasteiger partial charge is 0.337 e. The molecule has 7 nitrogen and oxygen atoms in total. The third-order valence-corrected chi connectivity index (χ3v) is 4.21. The van der Waals surface area contributed by atoms with Crippen LogP contribution >= 0.6 is 0 Å². The van der Waals surface area contributed by atoms with Gasteiger partial charge in [-0.25, -0.2) is 9.59 Å². The van der Waals surface area contributed by atoms with E-state index in [4.69, 9.17) is 4.74 Å². The molecule has 1 aromatic rings. The van der Waals surface area contributed by atoms with Gasteiger partial charge in [0.25, 0.3) is 0 Å². The van der Waals surface area contributed by atoms with E-state index in [1.807, 2.05) is 19.0 Å². The van der Waals surface area contributed by atoms with Crippen molar-refractivity contribution in [1.29, 1.82) is 0 Å². The molecule has 0 bridgehead atoms. The zero-order chi connectivity index (χ0) is 17.7. The number of nitrogens with one attached hydrogen (secondary N) is 2. The fourth-order valence-electron chi connectivity index (χ4n) is 2.89. The average Bonchev–Trinajstić information content (AvgIpc) is 2.97. The Labute approximate surface area is 142 Å². The Bertz CT molecular complexity index is 603. The molecule has 0 radical (unpaired) electrons. The first-order valence-electron chi connectivity index (χ1n) is 8.03. The molecule has 3 N–H and O–H groups in total. The summed E-state index contributed by atoms with van der Waals surface area (Å²) in [6.07, 6.45) is 2.22. The summed E-state index contributed by atoms with van der Waals surface area (Å²) in [5.74, 6) is -0.102. The summed E-state index contributed by atoms with van der Waals surface area (Å²) in [5.41, 5.74) is 1.74. The molecule has 0 spiro atoms. The van der Waals surface area contributed by atoms with Crippen molar-refractivity contribution in [2.45, 2.75) is 25.4 Å². The monoisotopic (exact) mass is 335 g/mol. The number of ether oxygens (including phenoxy) is 1. The van der Waals surface area contributed by atoms with Crippen LogP contribution in [0.4, 0.5) is 16.2 Å². The summed E-state index contributed by atoms with van der Waals surface area (Å²) >= 11 is 0. The van der Waals surface area contributed by atoms with E-state index in [2.05, 4.69) is 10.6 Å². The van der Waals surface area contributed by atoms with Crippen LogP contribution in [0.15, 0.2) is 18.2 Å². The number of hydrogen-bond acceptors (Lipinski definition) is 5. The van der Waals surface area contributed by atoms with Gasteiger partial charge in [0.05, 0.1) is 30.2 Å². The summed E-state index contributed by atoms with van der Waals surface area (Å²) in [5, 5.41) is 15.2. The molecule has 0 heterocycles. The summed E-state index contributed by atoms with van der Waals surface area (Å²) < 4.78 is 4.72. The largest absolute Gasteiger partial charge is 0.465 e. The fraction of sp³-hybridized carbons (Fsp3) is 0.529. The first-order chi connectivity index (χ1) is 11.4. The van der Waals surface area contributed by atoms with E-state index < -0.39 is 5.97 Å². The van der Waals surface area contributed by atoms with Crippen LogP contribution in [-0.4, -0.2) is 51.0 Å². The van der Waals surface area contributed by atoms with Crippen molar-refractivity contribution in [1.82, 2.24) is 5.32 Å². The molecule has 24 heavy (non-hydrogen) atoms. The molecule has 1 fully saturated rings. The SMILES string of the molecule is COC(=O)c1ccc(NC(=O)NC[C@H]2CC[C@H](O)C2)c(N(C)C)c1. The minimum atomic E-state index is -0.422. The number of aliphatic hydroxyl groups is 1. The van der Waals surface area contributed by atoms with E-state index in [0.29, 0.717) is 29.4 Å². The number of amides is 2. The van der Waals surface area contributed by atoms with E-state index in [-0.39, 0.29) is 12.1 Å². The fourth-order valence-corrected chi connectivity index (χ4v) is 2.89. The minimum Gasteiger partial charge on any atom is -0.465 e.